The number of carbonyl (C=O) groups excluding carboxylic acids is 1. The number of ether oxygens (including phenoxy) is 1. The van der Waals surface area contributed by atoms with E-state index >= 15 is 0 Å². The molecule has 2 aromatic carbocycles. The SMILES string of the molecule is O=C(Cc1ccc(-n2cnnn2)cc1)Nc1ccc(OC2CCCC2)cc1. The maximum atomic E-state index is 12.3. The lowest BCUT2D eigenvalue weighted by atomic mass is 10.1. The summed E-state index contributed by atoms with van der Waals surface area (Å²) in [5, 5.41) is 14.0. The number of carbonyl (C=O) groups is 1. The lowest BCUT2D eigenvalue weighted by molar-refractivity contribution is -0.115. The first-order valence-electron chi connectivity index (χ1n) is 9.15. The molecule has 1 aromatic heterocycles. The summed E-state index contributed by atoms with van der Waals surface area (Å²) in [5.41, 5.74) is 2.54. The number of nitrogens with one attached hydrogen (secondary N) is 1. The zero-order valence-electron chi connectivity index (χ0n) is 14.9. The molecule has 0 radical (unpaired) electrons. The number of aromatic nitrogens is 4. The van der Waals surface area contributed by atoms with Crippen molar-refractivity contribution < 1.29 is 9.53 Å². The second-order valence-electron chi connectivity index (χ2n) is 6.69. The second-order valence-corrected chi connectivity index (χ2v) is 6.69. The van der Waals surface area contributed by atoms with Gasteiger partial charge in [-0.1, -0.05) is 12.1 Å². The largest absolute Gasteiger partial charge is 0.490 e. The van der Waals surface area contributed by atoms with E-state index in [2.05, 4.69) is 20.8 Å². The number of rotatable bonds is 6. The van der Waals surface area contributed by atoms with Crippen LogP contribution in [-0.2, 0) is 11.2 Å². The summed E-state index contributed by atoms with van der Waals surface area (Å²) in [5.74, 6) is 0.799. The molecule has 1 fully saturated rings. The van der Waals surface area contributed by atoms with Gasteiger partial charge < -0.3 is 10.1 Å². The summed E-state index contributed by atoms with van der Waals surface area (Å²) in [7, 11) is 0. The van der Waals surface area contributed by atoms with Crippen LogP contribution in [0.2, 0.25) is 0 Å². The van der Waals surface area contributed by atoms with Crippen LogP contribution in [0.25, 0.3) is 5.69 Å². The molecule has 1 amide bonds. The van der Waals surface area contributed by atoms with Gasteiger partial charge in [-0.15, -0.1) is 5.10 Å². The highest BCUT2D eigenvalue weighted by Crippen LogP contribution is 2.25. The van der Waals surface area contributed by atoms with Gasteiger partial charge in [0.15, 0.2) is 0 Å². The molecule has 138 valence electrons. The zero-order valence-corrected chi connectivity index (χ0v) is 14.9. The van der Waals surface area contributed by atoms with E-state index < -0.39 is 0 Å². The van der Waals surface area contributed by atoms with Gasteiger partial charge in [-0.2, -0.15) is 0 Å². The highest BCUT2D eigenvalue weighted by molar-refractivity contribution is 5.92. The molecule has 1 aliphatic carbocycles. The van der Waals surface area contributed by atoms with Gasteiger partial charge in [0.1, 0.15) is 12.1 Å². The van der Waals surface area contributed by atoms with Crippen molar-refractivity contribution in [3.05, 3.63) is 60.4 Å². The summed E-state index contributed by atoms with van der Waals surface area (Å²) < 4.78 is 7.51. The number of nitrogens with zero attached hydrogens (tertiary/aromatic N) is 4. The monoisotopic (exact) mass is 363 g/mol. The van der Waals surface area contributed by atoms with Crippen molar-refractivity contribution in [1.29, 1.82) is 0 Å². The van der Waals surface area contributed by atoms with E-state index in [0.717, 1.165) is 35.5 Å². The van der Waals surface area contributed by atoms with E-state index in [1.807, 2.05) is 48.5 Å². The molecule has 1 N–H and O–H groups in total. The quantitative estimate of drug-likeness (QED) is 0.727. The maximum Gasteiger partial charge on any atom is 0.228 e. The molecule has 1 aliphatic rings. The second kappa shape index (κ2) is 7.99. The Morgan fingerprint density at radius 3 is 2.48 bits per heavy atom. The van der Waals surface area contributed by atoms with Gasteiger partial charge in [0.05, 0.1) is 18.2 Å². The molecule has 0 saturated heterocycles. The molecule has 3 aromatic rings. The normalized spacial score (nSPS) is 14.2. The van der Waals surface area contributed by atoms with Crippen LogP contribution in [0.4, 0.5) is 5.69 Å². The van der Waals surface area contributed by atoms with Crippen molar-refractivity contribution in [1.82, 2.24) is 20.2 Å². The number of amides is 1. The number of hydrogen-bond donors (Lipinski definition) is 1. The topological polar surface area (TPSA) is 81.9 Å². The maximum absolute atomic E-state index is 12.3. The molecular formula is C20H21N5O2. The molecule has 27 heavy (non-hydrogen) atoms. The van der Waals surface area contributed by atoms with Gasteiger partial charge in [0, 0.05) is 5.69 Å². The Bertz CT molecular complexity index is 870. The van der Waals surface area contributed by atoms with E-state index in [9.17, 15) is 4.79 Å². The average Bonchev–Trinajstić information content (AvgIpc) is 3.38. The Labute approximate surface area is 157 Å². The van der Waals surface area contributed by atoms with E-state index in [1.54, 1.807) is 4.68 Å². The third-order valence-corrected chi connectivity index (χ3v) is 4.66. The minimum absolute atomic E-state index is 0.0605. The van der Waals surface area contributed by atoms with Crippen molar-refractivity contribution in [2.24, 2.45) is 0 Å². The van der Waals surface area contributed by atoms with Crippen LogP contribution in [0.15, 0.2) is 54.9 Å². The number of tetrazole rings is 1. The molecule has 4 rings (SSSR count). The zero-order chi connectivity index (χ0) is 18.5. The van der Waals surface area contributed by atoms with Gasteiger partial charge >= 0.3 is 0 Å². The van der Waals surface area contributed by atoms with Gasteiger partial charge in [-0.05, 0) is 78.1 Å². The number of anilines is 1. The fourth-order valence-electron chi connectivity index (χ4n) is 3.25. The molecule has 1 heterocycles. The van der Waals surface area contributed by atoms with Crippen molar-refractivity contribution in [2.45, 2.75) is 38.2 Å². The molecule has 0 bridgehead atoms. The Hall–Kier alpha value is -3.22. The predicted molar refractivity (Wildman–Crippen MR) is 101 cm³/mol. The minimum Gasteiger partial charge on any atom is -0.490 e. The lowest BCUT2D eigenvalue weighted by Crippen LogP contribution is -2.14. The average molecular weight is 363 g/mol. The Balaban J connectivity index is 1.31. The fourth-order valence-corrected chi connectivity index (χ4v) is 3.25. The molecule has 0 unspecified atom stereocenters. The summed E-state index contributed by atoms with van der Waals surface area (Å²) >= 11 is 0. The summed E-state index contributed by atoms with van der Waals surface area (Å²) in [6.45, 7) is 0. The van der Waals surface area contributed by atoms with E-state index in [4.69, 9.17) is 4.74 Å². The van der Waals surface area contributed by atoms with Crippen LogP contribution in [0.5, 0.6) is 5.75 Å². The Morgan fingerprint density at radius 1 is 1.07 bits per heavy atom. The van der Waals surface area contributed by atoms with Gasteiger partial charge in [-0.25, -0.2) is 4.68 Å². The van der Waals surface area contributed by atoms with Crippen molar-refractivity contribution >= 4 is 11.6 Å². The highest BCUT2D eigenvalue weighted by atomic mass is 16.5. The van der Waals surface area contributed by atoms with Crippen LogP contribution in [0.1, 0.15) is 31.2 Å². The standard InChI is InChI=1S/C20H21N5O2/c26-20(13-15-5-9-17(10-6-15)25-14-21-23-24-25)22-16-7-11-19(12-8-16)27-18-3-1-2-4-18/h5-12,14,18H,1-4,13H2,(H,22,26). The van der Waals surface area contributed by atoms with E-state index in [-0.39, 0.29) is 5.91 Å². The van der Waals surface area contributed by atoms with E-state index in [1.165, 1.54) is 19.2 Å². The highest BCUT2D eigenvalue weighted by Gasteiger charge is 2.16. The lowest BCUT2D eigenvalue weighted by Gasteiger charge is -2.13. The first-order chi connectivity index (χ1) is 13.3. The molecule has 0 aliphatic heterocycles. The van der Waals surface area contributed by atoms with Crippen molar-refractivity contribution in [3.8, 4) is 11.4 Å². The fraction of sp³-hybridized carbons (Fsp3) is 0.300. The van der Waals surface area contributed by atoms with Crippen molar-refractivity contribution in [2.75, 3.05) is 5.32 Å². The van der Waals surface area contributed by atoms with Gasteiger partial charge in [-0.3, -0.25) is 4.79 Å². The number of hydrogen-bond acceptors (Lipinski definition) is 5. The first-order valence-corrected chi connectivity index (χ1v) is 9.15. The molecule has 0 spiro atoms. The molecule has 7 heteroatoms. The summed E-state index contributed by atoms with van der Waals surface area (Å²) in [6.07, 6.45) is 6.92. The first kappa shape index (κ1) is 17.2. The smallest absolute Gasteiger partial charge is 0.228 e. The molecular weight excluding hydrogens is 342 g/mol. The molecule has 0 atom stereocenters. The predicted octanol–water partition coefficient (Wildman–Crippen LogP) is 3.16. The van der Waals surface area contributed by atoms with Crippen LogP contribution >= 0.6 is 0 Å². The van der Waals surface area contributed by atoms with Crippen LogP contribution in [0.3, 0.4) is 0 Å². The molecule has 7 nitrogen and oxygen atoms in total. The van der Waals surface area contributed by atoms with Crippen LogP contribution < -0.4 is 10.1 Å². The van der Waals surface area contributed by atoms with Gasteiger partial charge in [0.25, 0.3) is 0 Å². The third kappa shape index (κ3) is 4.49. The minimum atomic E-state index is -0.0605. The summed E-state index contributed by atoms with van der Waals surface area (Å²) in [6, 6.07) is 15.1. The van der Waals surface area contributed by atoms with E-state index in [0.29, 0.717) is 12.5 Å². The molecule has 1 saturated carbocycles. The van der Waals surface area contributed by atoms with Crippen LogP contribution in [-0.4, -0.2) is 32.2 Å². The Morgan fingerprint density at radius 2 is 1.81 bits per heavy atom. The Kier molecular flexibility index (Phi) is 5.09. The third-order valence-electron chi connectivity index (χ3n) is 4.66. The number of benzene rings is 2. The summed E-state index contributed by atoms with van der Waals surface area (Å²) in [4.78, 5) is 12.3. The van der Waals surface area contributed by atoms with Crippen molar-refractivity contribution in [3.63, 3.8) is 0 Å². The van der Waals surface area contributed by atoms with Gasteiger partial charge in [0.2, 0.25) is 5.91 Å². The van der Waals surface area contributed by atoms with Crippen LogP contribution in [0, 0.1) is 0 Å².